The van der Waals surface area contributed by atoms with Crippen LogP contribution in [0.1, 0.15) is 28.8 Å². The topological polar surface area (TPSA) is 105 Å². The van der Waals surface area contributed by atoms with Crippen LogP contribution in [0.15, 0.2) is 48.5 Å². The number of nitrogens with two attached hydrogens (primary N) is 1. The molecule has 1 unspecified atom stereocenters. The molecule has 2 aromatic carbocycles. The van der Waals surface area contributed by atoms with Gasteiger partial charge in [0.15, 0.2) is 0 Å². The Morgan fingerprint density at radius 3 is 2.21 bits per heavy atom. The molecule has 1 fully saturated rings. The molecule has 28 heavy (non-hydrogen) atoms. The summed E-state index contributed by atoms with van der Waals surface area (Å²) in [6.07, 6.45) is 2.12. The van der Waals surface area contributed by atoms with E-state index in [-0.39, 0.29) is 30.4 Å². The largest absolute Gasteiger partial charge is 0.376 e. The van der Waals surface area contributed by atoms with Crippen LogP contribution in [0.3, 0.4) is 0 Å². The summed E-state index contributed by atoms with van der Waals surface area (Å²) < 4.78 is 5.47. The van der Waals surface area contributed by atoms with Crippen molar-refractivity contribution >= 4 is 35.7 Å². The highest BCUT2D eigenvalue weighted by molar-refractivity contribution is 6.04. The summed E-state index contributed by atoms with van der Waals surface area (Å²) >= 11 is 0. The third-order valence-electron chi connectivity index (χ3n) is 4.37. The number of nitrogens with one attached hydrogen (secondary N) is 3. The standard InChI is InChI=1S/C20H24N4O3.ClH/c21-12-14-3-5-15(6-4-14)19(25)23-16-7-9-17(10-8-16)24-20(26)22-13-18-2-1-11-27-18;/h3-10,18H,1-2,11-13,21H2,(H,23,25)(H2,22,24,26);1H. The van der Waals surface area contributed by atoms with Gasteiger partial charge in [0.05, 0.1) is 6.10 Å². The summed E-state index contributed by atoms with van der Waals surface area (Å²) in [6, 6.07) is 13.8. The first-order valence-corrected chi connectivity index (χ1v) is 9.01. The molecular weight excluding hydrogens is 380 g/mol. The molecule has 3 amide bonds. The molecule has 1 aliphatic rings. The Kier molecular flexibility index (Phi) is 8.25. The predicted octanol–water partition coefficient (Wildman–Crippen LogP) is 3.12. The van der Waals surface area contributed by atoms with Crippen molar-refractivity contribution in [1.82, 2.24) is 5.32 Å². The van der Waals surface area contributed by atoms with Gasteiger partial charge in [0.25, 0.3) is 5.91 Å². The van der Waals surface area contributed by atoms with E-state index in [1.54, 1.807) is 36.4 Å². The Bertz CT molecular complexity index is 775. The molecule has 5 N–H and O–H groups in total. The SMILES string of the molecule is Cl.NCc1ccc(C(=O)Nc2ccc(NC(=O)NCC3CCCO3)cc2)cc1. The third kappa shape index (κ3) is 6.23. The molecule has 1 aliphatic heterocycles. The van der Waals surface area contributed by atoms with E-state index in [0.717, 1.165) is 25.0 Å². The minimum absolute atomic E-state index is 0. The van der Waals surface area contributed by atoms with Crippen molar-refractivity contribution in [3.63, 3.8) is 0 Å². The summed E-state index contributed by atoms with van der Waals surface area (Å²) in [5, 5.41) is 8.38. The van der Waals surface area contributed by atoms with E-state index in [2.05, 4.69) is 16.0 Å². The second-order valence-corrected chi connectivity index (χ2v) is 6.40. The van der Waals surface area contributed by atoms with Gasteiger partial charge in [-0.25, -0.2) is 4.79 Å². The highest BCUT2D eigenvalue weighted by Gasteiger charge is 2.16. The molecule has 0 radical (unpaired) electrons. The molecule has 1 saturated heterocycles. The molecule has 7 nitrogen and oxygen atoms in total. The Balaban J connectivity index is 0.00000280. The molecule has 0 bridgehead atoms. The normalized spacial score (nSPS) is 15.4. The van der Waals surface area contributed by atoms with E-state index < -0.39 is 0 Å². The summed E-state index contributed by atoms with van der Waals surface area (Å²) in [5.41, 5.74) is 8.38. The van der Waals surface area contributed by atoms with Gasteiger partial charge >= 0.3 is 6.03 Å². The first-order chi connectivity index (χ1) is 13.1. The second-order valence-electron chi connectivity index (χ2n) is 6.40. The van der Waals surface area contributed by atoms with Gasteiger partial charge in [-0.2, -0.15) is 0 Å². The third-order valence-corrected chi connectivity index (χ3v) is 4.37. The summed E-state index contributed by atoms with van der Waals surface area (Å²) in [6.45, 7) is 1.71. The molecule has 3 rings (SSSR count). The van der Waals surface area contributed by atoms with Crippen molar-refractivity contribution in [1.29, 1.82) is 0 Å². The first-order valence-electron chi connectivity index (χ1n) is 9.01. The molecule has 1 atom stereocenters. The highest BCUT2D eigenvalue weighted by Crippen LogP contribution is 2.15. The molecule has 0 aliphatic carbocycles. The number of anilines is 2. The van der Waals surface area contributed by atoms with E-state index in [0.29, 0.717) is 30.0 Å². The number of ether oxygens (including phenoxy) is 1. The number of benzene rings is 2. The zero-order chi connectivity index (χ0) is 19.1. The van der Waals surface area contributed by atoms with Gasteiger partial charge in [0.1, 0.15) is 0 Å². The predicted molar refractivity (Wildman–Crippen MR) is 112 cm³/mol. The lowest BCUT2D eigenvalue weighted by atomic mass is 10.1. The fraction of sp³-hybridized carbons (Fsp3) is 0.300. The number of carbonyl (C=O) groups is 2. The molecule has 0 spiro atoms. The molecule has 0 aromatic heterocycles. The molecular formula is C20H25ClN4O3. The quantitative estimate of drug-likeness (QED) is 0.593. The Morgan fingerprint density at radius 1 is 1.00 bits per heavy atom. The number of halogens is 1. The molecule has 2 aromatic rings. The Hall–Kier alpha value is -2.61. The smallest absolute Gasteiger partial charge is 0.319 e. The average molecular weight is 405 g/mol. The van der Waals surface area contributed by atoms with Crippen LogP contribution < -0.4 is 21.7 Å². The zero-order valence-electron chi connectivity index (χ0n) is 15.4. The number of hydrogen-bond donors (Lipinski definition) is 4. The minimum Gasteiger partial charge on any atom is -0.376 e. The van der Waals surface area contributed by atoms with Gasteiger partial charge in [0, 0.05) is 36.6 Å². The number of carbonyl (C=O) groups excluding carboxylic acids is 2. The Labute approximate surface area is 170 Å². The van der Waals surface area contributed by atoms with Gasteiger partial charge < -0.3 is 26.4 Å². The monoisotopic (exact) mass is 404 g/mol. The maximum absolute atomic E-state index is 12.3. The van der Waals surface area contributed by atoms with E-state index in [9.17, 15) is 9.59 Å². The van der Waals surface area contributed by atoms with Crippen LogP contribution in [-0.4, -0.2) is 31.2 Å². The molecule has 150 valence electrons. The number of rotatable bonds is 6. The van der Waals surface area contributed by atoms with Crippen LogP contribution in [0.25, 0.3) is 0 Å². The van der Waals surface area contributed by atoms with Crippen molar-refractivity contribution in [3.8, 4) is 0 Å². The van der Waals surface area contributed by atoms with Crippen molar-refractivity contribution < 1.29 is 14.3 Å². The number of urea groups is 1. The zero-order valence-corrected chi connectivity index (χ0v) is 16.3. The van der Waals surface area contributed by atoms with Gasteiger partial charge in [-0.05, 0) is 54.8 Å². The van der Waals surface area contributed by atoms with Crippen molar-refractivity contribution in [3.05, 3.63) is 59.7 Å². The summed E-state index contributed by atoms with van der Waals surface area (Å²) in [7, 11) is 0. The average Bonchev–Trinajstić information content (AvgIpc) is 3.21. The highest BCUT2D eigenvalue weighted by atomic mass is 35.5. The molecule has 0 saturated carbocycles. The second kappa shape index (κ2) is 10.7. The van der Waals surface area contributed by atoms with Crippen LogP contribution in [0.2, 0.25) is 0 Å². The minimum atomic E-state index is -0.276. The summed E-state index contributed by atoms with van der Waals surface area (Å²) in [4.78, 5) is 24.2. The number of amides is 3. The maximum Gasteiger partial charge on any atom is 0.319 e. The van der Waals surface area contributed by atoms with Crippen molar-refractivity contribution in [2.45, 2.75) is 25.5 Å². The lowest BCUT2D eigenvalue weighted by molar-refractivity contribution is 0.102. The Morgan fingerprint density at radius 2 is 1.64 bits per heavy atom. The lowest BCUT2D eigenvalue weighted by Crippen LogP contribution is -2.35. The van der Waals surface area contributed by atoms with Gasteiger partial charge in [0.2, 0.25) is 0 Å². The van der Waals surface area contributed by atoms with Crippen LogP contribution >= 0.6 is 12.4 Å². The molecule has 1 heterocycles. The van der Waals surface area contributed by atoms with Crippen LogP contribution in [0, 0.1) is 0 Å². The lowest BCUT2D eigenvalue weighted by Gasteiger charge is -2.12. The van der Waals surface area contributed by atoms with E-state index in [1.807, 2.05) is 12.1 Å². The van der Waals surface area contributed by atoms with E-state index in [1.165, 1.54) is 0 Å². The fourth-order valence-electron chi connectivity index (χ4n) is 2.82. The van der Waals surface area contributed by atoms with Gasteiger partial charge in [-0.1, -0.05) is 12.1 Å². The summed E-state index contributed by atoms with van der Waals surface area (Å²) in [5.74, 6) is -0.200. The molecule has 8 heteroatoms. The number of hydrogen-bond acceptors (Lipinski definition) is 4. The van der Waals surface area contributed by atoms with Crippen LogP contribution in [-0.2, 0) is 11.3 Å². The van der Waals surface area contributed by atoms with E-state index in [4.69, 9.17) is 10.5 Å². The fourth-order valence-corrected chi connectivity index (χ4v) is 2.82. The van der Waals surface area contributed by atoms with Crippen molar-refractivity contribution in [2.75, 3.05) is 23.8 Å². The van der Waals surface area contributed by atoms with E-state index >= 15 is 0 Å². The first kappa shape index (κ1) is 21.7. The van der Waals surface area contributed by atoms with Crippen LogP contribution in [0.4, 0.5) is 16.2 Å². The van der Waals surface area contributed by atoms with Gasteiger partial charge in [-0.3, -0.25) is 4.79 Å². The maximum atomic E-state index is 12.3. The van der Waals surface area contributed by atoms with Crippen molar-refractivity contribution in [2.24, 2.45) is 5.73 Å². The van der Waals surface area contributed by atoms with Gasteiger partial charge in [-0.15, -0.1) is 12.4 Å². The van der Waals surface area contributed by atoms with Crippen LogP contribution in [0.5, 0.6) is 0 Å².